The smallest absolute Gasteiger partial charge is 0.395 e. The van der Waals surface area contributed by atoms with Gasteiger partial charge in [0.15, 0.2) is 11.6 Å². The molecule has 1 aromatic rings. The second-order valence-electron chi connectivity index (χ2n) is 10.2. The van der Waals surface area contributed by atoms with E-state index in [-0.39, 0.29) is 41.0 Å². The summed E-state index contributed by atoms with van der Waals surface area (Å²) in [6, 6.07) is 0. The molecule has 3 rings (SSSR count). The number of fused-ring (bicyclic) bond motifs is 5. The fraction of sp³-hybridized carbons (Fsp3) is 0.810. The van der Waals surface area contributed by atoms with Crippen LogP contribution in [0.3, 0.4) is 0 Å². The van der Waals surface area contributed by atoms with Gasteiger partial charge in [0.2, 0.25) is 0 Å². The van der Waals surface area contributed by atoms with Crippen LogP contribution in [0.5, 0.6) is 5.75 Å². The fourth-order valence-electron chi connectivity index (χ4n) is 4.84. The van der Waals surface area contributed by atoms with Gasteiger partial charge < -0.3 is 28.5 Å². The third-order valence-corrected chi connectivity index (χ3v) is 16.9. The molecule has 0 unspecified atom stereocenters. The largest absolute Gasteiger partial charge is 0.516 e. The van der Waals surface area contributed by atoms with Gasteiger partial charge in [-0.05, 0) is 11.1 Å². The summed E-state index contributed by atoms with van der Waals surface area (Å²) in [5.74, 6) is 0.346. The Bertz CT molecular complexity index is 860. The molecular formula is C21H39N3O6Si2. The number of ether oxygens (including phenoxy) is 1. The molecule has 32 heavy (non-hydrogen) atoms. The molecule has 182 valence electrons. The first-order valence-electron chi connectivity index (χ1n) is 11.6. The highest BCUT2D eigenvalue weighted by atomic mass is 28.5. The minimum absolute atomic E-state index is 0.0301. The summed E-state index contributed by atoms with van der Waals surface area (Å²) >= 11 is 0. The highest BCUT2D eigenvalue weighted by Crippen LogP contribution is 2.45. The average Bonchev–Trinajstić information content (AvgIpc) is 3.04. The van der Waals surface area contributed by atoms with Gasteiger partial charge in [0.05, 0.1) is 18.9 Å². The number of hydrogen-bond acceptors (Lipinski definition) is 8. The molecule has 0 spiro atoms. The second kappa shape index (κ2) is 9.18. The van der Waals surface area contributed by atoms with E-state index in [1.807, 2.05) is 0 Å². The molecule has 3 heterocycles. The number of anilines is 1. The molecule has 0 aliphatic carbocycles. The Labute approximate surface area is 192 Å². The van der Waals surface area contributed by atoms with Gasteiger partial charge >= 0.3 is 22.8 Å². The van der Waals surface area contributed by atoms with Crippen molar-refractivity contribution in [3.8, 4) is 5.75 Å². The highest BCUT2D eigenvalue weighted by Gasteiger charge is 2.58. The van der Waals surface area contributed by atoms with Crippen molar-refractivity contribution >= 4 is 22.9 Å². The predicted molar refractivity (Wildman–Crippen MR) is 127 cm³/mol. The molecule has 0 radical (unpaired) electrons. The molecule has 2 aliphatic heterocycles. The Kier molecular flexibility index (Phi) is 7.28. The predicted octanol–water partition coefficient (Wildman–Crippen LogP) is 3.42. The van der Waals surface area contributed by atoms with E-state index >= 15 is 0 Å². The normalized spacial score (nSPS) is 27.5. The van der Waals surface area contributed by atoms with Crippen LogP contribution in [0.1, 0.15) is 68.0 Å². The van der Waals surface area contributed by atoms with E-state index in [4.69, 9.17) is 23.4 Å². The van der Waals surface area contributed by atoms with Crippen LogP contribution < -0.4 is 15.8 Å². The van der Waals surface area contributed by atoms with Crippen molar-refractivity contribution in [2.24, 2.45) is 0 Å². The van der Waals surface area contributed by atoms with Crippen LogP contribution >= 0.6 is 0 Å². The molecule has 1 fully saturated rings. The van der Waals surface area contributed by atoms with Crippen molar-refractivity contribution in [2.45, 2.75) is 102 Å². The van der Waals surface area contributed by atoms with E-state index in [0.717, 1.165) is 0 Å². The number of aliphatic hydroxyl groups excluding tert-OH is 1. The van der Waals surface area contributed by atoms with Crippen molar-refractivity contribution in [3.05, 3.63) is 16.7 Å². The Morgan fingerprint density at radius 3 is 2.16 bits per heavy atom. The van der Waals surface area contributed by atoms with Crippen LogP contribution in [0.25, 0.3) is 0 Å². The molecule has 4 bridgehead atoms. The maximum absolute atomic E-state index is 12.6. The summed E-state index contributed by atoms with van der Waals surface area (Å²) in [6.07, 6.45) is -0.163. The van der Waals surface area contributed by atoms with Crippen molar-refractivity contribution in [3.63, 3.8) is 0 Å². The van der Waals surface area contributed by atoms with Crippen LogP contribution in [-0.2, 0) is 13.3 Å². The van der Waals surface area contributed by atoms with E-state index in [1.165, 1.54) is 4.57 Å². The van der Waals surface area contributed by atoms with Gasteiger partial charge in [0.1, 0.15) is 12.3 Å². The number of aromatic nitrogens is 2. The van der Waals surface area contributed by atoms with Crippen LogP contribution in [0.2, 0.25) is 22.2 Å². The number of rotatable bonds is 4. The zero-order valence-electron chi connectivity index (χ0n) is 20.5. The number of nitrogen functional groups attached to an aromatic ring is 1. The summed E-state index contributed by atoms with van der Waals surface area (Å²) < 4.78 is 28.0. The van der Waals surface area contributed by atoms with Crippen LogP contribution in [0.15, 0.2) is 11.0 Å². The highest BCUT2D eigenvalue weighted by molar-refractivity contribution is 6.84. The van der Waals surface area contributed by atoms with Gasteiger partial charge in [-0.2, -0.15) is 4.98 Å². The quantitative estimate of drug-likeness (QED) is 0.623. The van der Waals surface area contributed by atoms with E-state index in [0.29, 0.717) is 5.75 Å². The maximum atomic E-state index is 12.6. The molecule has 3 N–H and O–H groups in total. The Morgan fingerprint density at radius 2 is 1.62 bits per heavy atom. The Balaban J connectivity index is 2.25. The first-order chi connectivity index (χ1) is 14.8. The van der Waals surface area contributed by atoms with E-state index in [1.54, 1.807) is 6.20 Å². The Hall–Kier alpha value is -1.25. The van der Waals surface area contributed by atoms with Crippen molar-refractivity contribution < 1.29 is 22.8 Å². The third-order valence-electron chi connectivity index (χ3n) is 6.74. The van der Waals surface area contributed by atoms with Gasteiger partial charge in [-0.3, -0.25) is 4.57 Å². The molecule has 1 saturated heterocycles. The zero-order chi connectivity index (χ0) is 24.0. The average molecular weight is 486 g/mol. The molecule has 9 nitrogen and oxygen atoms in total. The number of nitrogens with zero attached hydrogens (tertiary/aromatic N) is 2. The third kappa shape index (κ3) is 4.30. The van der Waals surface area contributed by atoms with Crippen LogP contribution in [0, 0.1) is 0 Å². The van der Waals surface area contributed by atoms with E-state index < -0.39 is 41.2 Å². The number of hydrogen-bond donors (Lipinski definition) is 2. The van der Waals surface area contributed by atoms with Gasteiger partial charge in [-0.25, -0.2) is 4.79 Å². The summed E-state index contributed by atoms with van der Waals surface area (Å²) in [5, 5.41) is 10.7. The lowest BCUT2D eigenvalue weighted by Crippen LogP contribution is -2.63. The lowest BCUT2D eigenvalue weighted by Gasteiger charge is -2.48. The molecule has 11 heteroatoms. The molecule has 0 aromatic carbocycles. The minimum Gasteiger partial charge on any atom is -0.516 e. The van der Waals surface area contributed by atoms with Crippen molar-refractivity contribution in [2.75, 3.05) is 12.3 Å². The van der Waals surface area contributed by atoms with Gasteiger partial charge in [-0.15, -0.1) is 0 Å². The minimum atomic E-state index is -2.99. The maximum Gasteiger partial charge on any atom is 0.395 e. The van der Waals surface area contributed by atoms with E-state index in [9.17, 15) is 9.90 Å². The zero-order valence-corrected chi connectivity index (χ0v) is 22.5. The molecule has 0 saturated carbocycles. The van der Waals surface area contributed by atoms with Gasteiger partial charge in [0.25, 0.3) is 0 Å². The summed E-state index contributed by atoms with van der Waals surface area (Å²) in [6.45, 7) is 17.1. The topological polar surface area (TPSA) is 118 Å². The molecule has 1 aromatic heterocycles. The van der Waals surface area contributed by atoms with Gasteiger partial charge in [0, 0.05) is 17.5 Å². The first-order valence-corrected chi connectivity index (χ1v) is 15.5. The van der Waals surface area contributed by atoms with Gasteiger partial charge in [-0.1, -0.05) is 55.4 Å². The van der Waals surface area contributed by atoms with E-state index in [2.05, 4.69) is 60.4 Å². The summed E-state index contributed by atoms with van der Waals surface area (Å²) in [7, 11) is -5.86. The lowest BCUT2D eigenvalue weighted by atomic mass is 10.2. The lowest BCUT2D eigenvalue weighted by molar-refractivity contribution is -0.0477. The molecule has 0 amide bonds. The monoisotopic (exact) mass is 485 g/mol. The Morgan fingerprint density at radius 1 is 1.06 bits per heavy atom. The molecule has 2 aliphatic rings. The fourth-order valence-corrected chi connectivity index (χ4v) is 15.7. The first kappa shape index (κ1) is 25.4. The summed E-state index contributed by atoms with van der Waals surface area (Å²) in [5.41, 5.74) is 6.05. The van der Waals surface area contributed by atoms with Crippen LogP contribution in [0.4, 0.5) is 5.82 Å². The summed E-state index contributed by atoms with van der Waals surface area (Å²) in [4.78, 5) is 16.6. The van der Waals surface area contributed by atoms with Crippen LogP contribution in [-0.4, -0.2) is 50.6 Å². The van der Waals surface area contributed by atoms with Crippen molar-refractivity contribution in [1.82, 2.24) is 9.55 Å². The molecule has 3 atom stereocenters. The standard InChI is InChI=1S/C21H39N3O6Si2/c1-12(2)31(13(3)4)27-11-18-16(25)9-19(28-18)24-10-17(20(22)23-21(24)26)29-32(30-31,14(5)6)15(7)8/h10,12-16,18-19,25H,9,11H2,1-8H3,(H2,22,23,26)/t16-,18+,19+/m0/s1. The number of nitrogens with two attached hydrogens (primary N) is 1. The number of aliphatic hydroxyl groups is 1. The molecular weight excluding hydrogens is 446 g/mol. The SMILES string of the molecule is CC(C)[Si]1(C(C)C)OC[C@H]2O[C@H](C[C@@H]2O)n2cc(c(N)nc2=O)O[Si](C(C)C)(C(C)C)O1. The second-order valence-corrected chi connectivity index (χ2v) is 19.0. The van der Waals surface area contributed by atoms with Crippen molar-refractivity contribution in [1.29, 1.82) is 0 Å².